The molecule has 1 aromatic rings. The van der Waals surface area contributed by atoms with Crippen LogP contribution in [0.25, 0.3) is 0 Å². The van der Waals surface area contributed by atoms with Crippen molar-refractivity contribution in [3.8, 4) is 5.75 Å². The van der Waals surface area contributed by atoms with E-state index in [2.05, 4.69) is 43.6 Å². The fourth-order valence-corrected chi connectivity index (χ4v) is 3.62. The lowest BCUT2D eigenvalue weighted by Crippen LogP contribution is -2.42. The Kier molecular flexibility index (Phi) is 4.14. The van der Waals surface area contributed by atoms with E-state index in [4.69, 9.17) is 9.47 Å². The molecule has 0 aliphatic carbocycles. The van der Waals surface area contributed by atoms with Gasteiger partial charge >= 0.3 is 5.97 Å². The fourth-order valence-electron chi connectivity index (χ4n) is 3.16. The Hall–Kier alpha value is -1.03. The molecule has 0 spiro atoms. The van der Waals surface area contributed by atoms with Crippen molar-refractivity contribution in [3.63, 3.8) is 0 Å². The van der Waals surface area contributed by atoms with Crippen molar-refractivity contribution in [2.75, 3.05) is 0 Å². The fraction of sp³-hybridized carbons (Fsp3) is 0.611. The minimum absolute atomic E-state index is 0.0718. The number of benzene rings is 1. The van der Waals surface area contributed by atoms with Crippen LogP contribution in [0.5, 0.6) is 5.75 Å². The van der Waals surface area contributed by atoms with Crippen molar-refractivity contribution in [1.82, 2.24) is 0 Å². The first kappa shape index (κ1) is 17.3. The number of rotatable bonds is 1. The number of hydrogen-bond donors (Lipinski definition) is 0. The lowest BCUT2D eigenvalue weighted by molar-refractivity contribution is 0.00484. The Morgan fingerprint density at radius 1 is 1.23 bits per heavy atom. The second kappa shape index (κ2) is 5.26. The van der Waals surface area contributed by atoms with Gasteiger partial charge in [0.05, 0.1) is 0 Å². The molecule has 0 amide bonds. The van der Waals surface area contributed by atoms with Gasteiger partial charge in [-0.1, -0.05) is 29.8 Å². The number of carbonyl (C=O) groups is 1. The topological polar surface area (TPSA) is 35.5 Å². The molecule has 0 saturated carbocycles. The van der Waals surface area contributed by atoms with E-state index in [0.717, 1.165) is 16.5 Å². The van der Waals surface area contributed by atoms with Gasteiger partial charge in [-0.25, -0.2) is 4.79 Å². The Morgan fingerprint density at radius 2 is 1.82 bits per heavy atom. The SMILES string of the molecule is CC(C)(C)OC(=O)c1cc(Br)cc2c1OC(C)(C)CC2(C)C. The summed E-state index contributed by atoms with van der Waals surface area (Å²) in [5.41, 5.74) is 0.604. The van der Waals surface area contributed by atoms with Crippen LogP contribution in [0.4, 0.5) is 0 Å². The lowest BCUT2D eigenvalue weighted by atomic mass is 9.73. The summed E-state index contributed by atoms with van der Waals surface area (Å²) in [6, 6.07) is 3.82. The Labute approximate surface area is 141 Å². The molecule has 0 N–H and O–H groups in total. The van der Waals surface area contributed by atoms with Gasteiger partial charge in [-0.3, -0.25) is 0 Å². The molecule has 1 heterocycles. The van der Waals surface area contributed by atoms with E-state index in [9.17, 15) is 4.79 Å². The average molecular weight is 369 g/mol. The van der Waals surface area contributed by atoms with E-state index in [1.807, 2.05) is 26.8 Å². The van der Waals surface area contributed by atoms with Crippen LogP contribution in [0.15, 0.2) is 16.6 Å². The van der Waals surface area contributed by atoms with E-state index in [0.29, 0.717) is 11.3 Å². The van der Waals surface area contributed by atoms with Gasteiger partial charge in [0.15, 0.2) is 0 Å². The van der Waals surface area contributed by atoms with Gasteiger partial charge < -0.3 is 9.47 Å². The molecule has 3 nitrogen and oxygen atoms in total. The highest BCUT2D eigenvalue weighted by Gasteiger charge is 2.41. The normalized spacial score (nSPS) is 19.1. The molecule has 0 saturated heterocycles. The van der Waals surface area contributed by atoms with Crippen molar-refractivity contribution in [3.05, 3.63) is 27.7 Å². The summed E-state index contributed by atoms with van der Waals surface area (Å²) in [5.74, 6) is 0.303. The molecule has 0 aromatic heterocycles. The number of hydrogen-bond acceptors (Lipinski definition) is 3. The molecule has 1 aromatic carbocycles. The van der Waals surface area contributed by atoms with E-state index in [1.165, 1.54) is 0 Å². The lowest BCUT2D eigenvalue weighted by Gasteiger charge is -2.43. The van der Waals surface area contributed by atoms with Crippen LogP contribution in [0.3, 0.4) is 0 Å². The van der Waals surface area contributed by atoms with Gasteiger partial charge in [-0.2, -0.15) is 0 Å². The van der Waals surface area contributed by atoms with Crippen LogP contribution in [0.2, 0.25) is 0 Å². The minimum atomic E-state index is -0.536. The van der Waals surface area contributed by atoms with E-state index in [-0.39, 0.29) is 17.0 Å². The van der Waals surface area contributed by atoms with Gasteiger partial charge in [-0.15, -0.1) is 0 Å². The minimum Gasteiger partial charge on any atom is -0.487 e. The highest BCUT2D eigenvalue weighted by molar-refractivity contribution is 9.10. The molecule has 2 rings (SSSR count). The number of esters is 1. The maximum Gasteiger partial charge on any atom is 0.342 e. The van der Waals surface area contributed by atoms with E-state index in [1.54, 1.807) is 6.07 Å². The predicted octanol–water partition coefficient (Wildman–Crippen LogP) is 5.24. The van der Waals surface area contributed by atoms with E-state index < -0.39 is 5.60 Å². The van der Waals surface area contributed by atoms with Gasteiger partial charge in [-0.05, 0) is 58.6 Å². The number of halogens is 1. The van der Waals surface area contributed by atoms with E-state index >= 15 is 0 Å². The largest absolute Gasteiger partial charge is 0.487 e. The first-order chi connectivity index (χ1) is 9.81. The smallest absolute Gasteiger partial charge is 0.342 e. The summed E-state index contributed by atoms with van der Waals surface area (Å²) in [7, 11) is 0. The van der Waals surface area contributed by atoms with Crippen LogP contribution in [0.1, 0.15) is 70.8 Å². The number of carbonyl (C=O) groups excluding carboxylic acids is 1. The molecule has 122 valence electrons. The third-order valence-electron chi connectivity index (χ3n) is 3.65. The summed E-state index contributed by atoms with van der Waals surface area (Å²) >= 11 is 3.51. The van der Waals surface area contributed by atoms with Crippen LogP contribution in [0, 0.1) is 0 Å². The highest BCUT2D eigenvalue weighted by Crippen LogP contribution is 2.47. The van der Waals surface area contributed by atoms with Crippen molar-refractivity contribution < 1.29 is 14.3 Å². The standard InChI is InChI=1S/C18H25BrO3/c1-16(2,3)22-15(20)12-8-11(19)9-13-14(12)21-18(6,7)10-17(13,4)5/h8-9H,10H2,1-7H3. The Balaban J connectivity index is 2.58. The summed E-state index contributed by atoms with van der Waals surface area (Å²) in [6.07, 6.45) is 0.886. The Morgan fingerprint density at radius 3 is 2.36 bits per heavy atom. The molecule has 0 bridgehead atoms. The molecule has 4 heteroatoms. The van der Waals surface area contributed by atoms with Gasteiger partial charge in [0.25, 0.3) is 0 Å². The van der Waals surface area contributed by atoms with Crippen molar-refractivity contribution >= 4 is 21.9 Å². The van der Waals surface area contributed by atoms with Gasteiger partial charge in [0.2, 0.25) is 0 Å². The first-order valence-corrected chi connectivity index (χ1v) is 8.36. The maximum atomic E-state index is 12.6. The van der Waals surface area contributed by atoms with Gasteiger partial charge in [0, 0.05) is 10.0 Å². The molecule has 22 heavy (non-hydrogen) atoms. The number of ether oxygens (including phenoxy) is 2. The highest BCUT2D eigenvalue weighted by atomic mass is 79.9. The third kappa shape index (κ3) is 3.65. The van der Waals surface area contributed by atoms with Crippen molar-refractivity contribution in [1.29, 1.82) is 0 Å². The third-order valence-corrected chi connectivity index (χ3v) is 4.11. The van der Waals surface area contributed by atoms with Gasteiger partial charge in [0.1, 0.15) is 22.5 Å². The molecule has 1 aliphatic heterocycles. The second-order valence-corrected chi connectivity index (χ2v) is 9.17. The van der Waals surface area contributed by atoms with Crippen LogP contribution >= 0.6 is 15.9 Å². The molecule has 0 radical (unpaired) electrons. The zero-order valence-corrected chi connectivity index (χ0v) is 16.1. The monoisotopic (exact) mass is 368 g/mol. The Bertz CT molecular complexity index is 609. The summed E-state index contributed by atoms with van der Waals surface area (Å²) in [5, 5.41) is 0. The molecular formula is C18H25BrO3. The van der Waals surface area contributed by atoms with Crippen molar-refractivity contribution in [2.24, 2.45) is 0 Å². The zero-order chi connectivity index (χ0) is 16.9. The summed E-state index contributed by atoms with van der Waals surface area (Å²) in [6.45, 7) is 14.1. The average Bonchev–Trinajstić information content (AvgIpc) is 2.25. The maximum absolute atomic E-state index is 12.6. The summed E-state index contributed by atoms with van der Waals surface area (Å²) in [4.78, 5) is 12.6. The van der Waals surface area contributed by atoms with Crippen LogP contribution in [-0.2, 0) is 10.2 Å². The van der Waals surface area contributed by atoms with Crippen LogP contribution < -0.4 is 4.74 Å². The molecule has 0 atom stereocenters. The predicted molar refractivity (Wildman–Crippen MR) is 91.7 cm³/mol. The molecular weight excluding hydrogens is 344 g/mol. The molecule has 1 aliphatic rings. The van der Waals surface area contributed by atoms with Crippen molar-refractivity contribution in [2.45, 2.75) is 71.5 Å². The molecule has 0 unspecified atom stereocenters. The quantitative estimate of drug-likeness (QED) is 0.635. The summed E-state index contributed by atoms with van der Waals surface area (Å²) < 4.78 is 12.6. The zero-order valence-electron chi connectivity index (χ0n) is 14.5. The number of fused-ring (bicyclic) bond motifs is 1. The molecule has 0 fully saturated rings. The second-order valence-electron chi connectivity index (χ2n) is 8.25. The van der Waals surface area contributed by atoms with Crippen LogP contribution in [-0.4, -0.2) is 17.2 Å². The first-order valence-electron chi connectivity index (χ1n) is 7.57.